The van der Waals surface area contributed by atoms with Gasteiger partial charge in [0.05, 0.1) is 10.6 Å². The average Bonchev–Trinajstić information content (AvgIpc) is 3.23. The van der Waals surface area contributed by atoms with Gasteiger partial charge in [-0.05, 0) is 18.4 Å². The molecular weight excluding hydrogens is 342 g/mol. The lowest BCUT2D eigenvalue weighted by atomic mass is 10.1. The predicted octanol–water partition coefficient (Wildman–Crippen LogP) is 3.12. The molecule has 7 heteroatoms. The molecule has 2 aromatic rings. The van der Waals surface area contributed by atoms with Gasteiger partial charge in [0.25, 0.3) is 5.91 Å². The van der Waals surface area contributed by atoms with Crippen LogP contribution in [-0.2, 0) is 4.79 Å². The minimum Gasteiger partial charge on any atom is -0.339 e. The molecule has 1 saturated heterocycles. The first-order valence-electron chi connectivity index (χ1n) is 8.06. The van der Waals surface area contributed by atoms with Gasteiger partial charge in [-0.2, -0.15) is 0 Å². The van der Waals surface area contributed by atoms with Gasteiger partial charge in [0.1, 0.15) is 9.88 Å². The summed E-state index contributed by atoms with van der Waals surface area (Å²) in [5.74, 6) is 0.199. The third-order valence-electron chi connectivity index (χ3n) is 4.10. The first kappa shape index (κ1) is 17.1. The Hall–Kier alpha value is -1.73. The predicted molar refractivity (Wildman–Crippen MR) is 97.5 cm³/mol. The normalized spacial score (nSPS) is 15.2. The van der Waals surface area contributed by atoms with Crippen LogP contribution in [0.15, 0.2) is 17.5 Å². The van der Waals surface area contributed by atoms with Crippen LogP contribution in [0, 0.1) is 12.8 Å². The van der Waals surface area contributed by atoms with Crippen LogP contribution >= 0.6 is 22.7 Å². The summed E-state index contributed by atoms with van der Waals surface area (Å²) in [5, 5.41) is 2.91. The van der Waals surface area contributed by atoms with E-state index in [-0.39, 0.29) is 17.7 Å². The Bertz CT molecular complexity index is 729. The fourth-order valence-electron chi connectivity index (χ4n) is 2.74. The van der Waals surface area contributed by atoms with Gasteiger partial charge in [0, 0.05) is 32.1 Å². The summed E-state index contributed by atoms with van der Waals surface area (Å²) in [6, 6.07) is 4.01. The van der Waals surface area contributed by atoms with Crippen molar-refractivity contribution in [3.63, 3.8) is 0 Å². The largest absolute Gasteiger partial charge is 0.339 e. The molecule has 0 atom stereocenters. The first-order chi connectivity index (χ1) is 11.5. The second-order valence-corrected chi connectivity index (χ2v) is 8.13. The van der Waals surface area contributed by atoms with Crippen molar-refractivity contribution in [2.24, 2.45) is 5.92 Å². The number of thiazole rings is 1. The molecule has 0 saturated carbocycles. The summed E-state index contributed by atoms with van der Waals surface area (Å²) in [7, 11) is 0. The molecule has 2 amide bonds. The summed E-state index contributed by atoms with van der Waals surface area (Å²) >= 11 is 3.09. The Balaban J connectivity index is 1.69. The van der Waals surface area contributed by atoms with Crippen LogP contribution in [0.4, 0.5) is 0 Å². The van der Waals surface area contributed by atoms with E-state index < -0.39 is 0 Å². The molecule has 1 fully saturated rings. The first-order valence-corrected chi connectivity index (χ1v) is 9.76. The molecule has 0 N–H and O–H groups in total. The highest BCUT2D eigenvalue weighted by Crippen LogP contribution is 2.31. The molecule has 3 rings (SSSR count). The Labute approximate surface area is 149 Å². The van der Waals surface area contributed by atoms with Crippen LogP contribution in [0.3, 0.4) is 0 Å². The molecular formula is C17H21N3O2S2. The Kier molecular flexibility index (Phi) is 5.01. The van der Waals surface area contributed by atoms with E-state index in [1.54, 1.807) is 11.3 Å². The summed E-state index contributed by atoms with van der Waals surface area (Å²) < 4.78 is 0. The number of aryl methyl sites for hydroxylation is 1. The number of hydrogen-bond acceptors (Lipinski definition) is 5. The van der Waals surface area contributed by atoms with Crippen molar-refractivity contribution < 1.29 is 9.59 Å². The van der Waals surface area contributed by atoms with Crippen LogP contribution < -0.4 is 0 Å². The monoisotopic (exact) mass is 363 g/mol. The second-order valence-electron chi connectivity index (χ2n) is 6.18. The Morgan fingerprint density at radius 3 is 2.42 bits per heavy atom. The molecule has 0 spiro atoms. The van der Waals surface area contributed by atoms with Crippen LogP contribution in [0.2, 0.25) is 0 Å². The minimum absolute atomic E-state index is 0.00402. The molecule has 0 aliphatic carbocycles. The minimum atomic E-state index is 0.00402. The van der Waals surface area contributed by atoms with E-state index in [0.717, 1.165) is 15.6 Å². The van der Waals surface area contributed by atoms with Gasteiger partial charge in [-0.15, -0.1) is 22.7 Å². The molecule has 0 bridgehead atoms. The maximum Gasteiger partial charge on any atom is 0.265 e. The SMILES string of the molecule is Cc1nc(-c2cccs2)sc1C(=O)N1CCN(C(=O)C(C)C)CC1. The van der Waals surface area contributed by atoms with Gasteiger partial charge in [-0.3, -0.25) is 9.59 Å². The fraction of sp³-hybridized carbons (Fsp3) is 0.471. The zero-order chi connectivity index (χ0) is 17.3. The zero-order valence-corrected chi connectivity index (χ0v) is 15.7. The number of nitrogens with zero attached hydrogens (tertiary/aromatic N) is 3. The third kappa shape index (κ3) is 3.37. The van der Waals surface area contributed by atoms with Gasteiger partial charge < -0.3 is 9.80 Å². The van der Waals surface area contributed by atoms with Crippen molar-refractivity contribution in [3.8, 4) is 9.88 Å². The van der Waals surface area contributed by atoms with Crippen molar-refractivity contribution in [2.45, 2.75) is 20.8 Å². The van der Waals surface area contributed by atoms with E-state index in [2.05, 4.69) is 4.98 Å². The summed E-state index contributed by atoms with van der Waals surface area (Å²) in [6.07, 6.45) is 0. The van der Waals surface area contributed by atoms with Gasteiger partial charge >= 0.3 is 0 Å². The third-order valence-corrected chi connectivity index (χ3v) is 6.28. The lowest BCUT2D eigenvalue weighted by molar-refractivity contribution is -0.135. The molecule has 128 valence electrons. The van der Waals surface area contributed by atoms with Crippen molar-refractivity contribution in [1.29, 1.82) is 0 Å². The molecule has 0 unspecified atom stereocenters. The maximum absolute atomic E-state index is 12.8. The lowest BCUT2D eigenvalue weighted by Gasteiger charge is -2.35. The highest BCUT2D eigenvalue weighted by Gasteiger charge is 2.28. The van der Waals surface area contributed by atoms with Crippen molar-refractivity contribution in [2.75, 3.05) is 26.2 Å². The van der Waals surface area contributed by atoms with Gasteiger partial charge in [-0.1, -0.05) is 19.9 Å². The van der Waals surface area contributed by atoms with E-state index in [0.29, 0.717) is 31.1 Å². The molecule has 0 radical (unpaired) electrons. The lowest BCUT2D eigenvalue weighted by Crippen LogP contribution is -2.51. The van der Waals surface area contributed by atoms with E-state index in [1.165, 1.54) is 11.3 Å². The highest BCUT2D eigenvalue weighted by atomic mass is 32.1. The second kappa shape index (κ2) is 7.03. The number of amides is 2. The number of carbonyl (C=O) groups is 2. The van der Waals surface area contributed by atoms with E-state index in [1.807, 2.05) is 48.1 Å². The standard InChI is InChI=1S/C17H21N3O2S2/c1-11(2)16(21)19-6-8-20(9-7-19)17(22)14-12(3)18-15(24-14)13-5-4-10-23-13/h4-5,10-11H,6-9H2,1-3H3. The zero-order valence-electron chi connectivity index (χ0n) is 14.1. The topological polar surface area (TPSA) is 53.5 Å². The number of rotatable bonds is 3. The summed E-state index contributed by atoms with van der Waals surface area (Å²) in [5.41, 5.74) is 0.786. The number of carbonyl (C=O) groups excluding carboxylic acids is 2. The van der Waals surface area contributed by atoms with Crippen LogP contribution in [0.1, 0.15) is 29.2 Å². The molecule has 1 aliphatic rings. The van der Waals surface area contributed by atoms with Crippen LogP contribution in [0.25, 0.3) is 9.88 Å². The molecule has 24 heavy (non-hydrogen) atoms. The molecule has 0 aromatic carbocycles. The molecule has 5 nitrogen and oxygen atoms in total. The highest BCUT2D eigenvalue weighted by molar-refractivity contribution is 7.22. The Morgan fingerprint density at radius 1 is 1.17 bits per heavy atom. The van der Waals surface area contributed by atoms with E-state index in [4.69, 9.17) is 0 Å². The smallest absolute Gasteiger partial charge is 0.265 e. The van der Waals surface area contributed by atoms with Crippen LogP contribution in [-0.4, -0.2) is 52.8 Å². The quantitative estimate of drug-likeness (QED) is 0.842. The van der Waals surface area contributed by atoms with Crippen molar-refractivity contribution in [3.05, 3.63) is 28.1 Å². The van der Waals surface area contributed by atoms with Gasteiger partial charge in [-0.25, -0.2) is 4.98 Å². The number of piperazine rings is 1. The average molecular weight is 364 g/mol. The molecule has 1 aliphatic heterocycles. The van der Waals surface area contributed by atoms with Gasteiger partial charge in [0.2, 0.25) is 5.91 Å². The van der Waals surface area contributed by atoms with Crippen molar-refractivity contribution >= 4 is 34.5 Å². The number of aromatic nitrogens is 1. The number of hydrogen-bond donors (Lipinski definition) is 0. The summed E-state index contributed by atoms with van der Waals surface area (Å²) in [6.45, 7) is 8.10. The Morgan fingerprint density at radius 2 is 1.83 bits per heavy atom. The van der Waals surface area contributed by atoms with E-state index >= 15 is 0 Å². The summed E-state index contributed by atoms with van der Waals surface area (Å²) in [4.78, 5) is 34.9. The van der Waals surface area contributed by atoms with E-state index in [9.17, 15) is 9.59 Å². The van der Waals surface area contributed by atoms with Crippen molar-refractivity contribution in [1.82, 2.24) is 14.8 Å². The molecule has 2 aromatic heterocycles. The van der Waals surface area contributed by atoms with Gasteiger partial charge in [0.15, 0.2) is 0 Å². The number of thiophene rings is 1. The van der Waals surface area contributed by atoms with Crippen LogP contribution in [0.5, 0.6) is 0 Å². The molecule has 3 heterocycles. The maximum atomic E-state index is 12.8. The fourth-order valence-corrected chi connectivity index (χ4v) is 4.57.